The predicted molar refractivity (Wildman–Crippen MR) is 99.7 cm³/mol. The topological polar surface area (TPSA) is 58.6 Å². The molecular weight excluding hydrogens is 316 g/mol. The van der Waals surface area contributed by atoms with E-state index in [2.05, 4.69) is 5.32 Å². The molecule has 138 valence electrons. The summed E-state index contributed by atoms with van der Waals surface area (Å²) in [5.41, 5.74) is 0.713. The summed E-state index contributed by atoms with van der Waals surface area (Å²) in [6, 6.07) is 7.50. The van der Waals surface area contributed by atoms with E-state index in [0.717, 1.165) is 31.4 Å². The molecule has 2 rings (SSSR count). The average Bonchev–Trinajstić information content (AvgIpc) is 2.83. The molecule has 0 atom stereocenters. The van der Waals surface area contributed by atoms with E-state index >= 15 is 0 Å². The zero-order chi connectivity index (χ0) is 18.2. The Morgan fingerprint density at radius 2 is 1.72 bits per heavy atom. The van der Waals surface area contributed by atoms with Gasteiger partial charge >= 0.3 is 0 Å². The maximum Gasteiger partial charge on any atom is 0.244 e. The molecule has 1 aliphatic rings. The van der Waals surface area contributed by atoms with Crippen LogP contribution in [0, 0.1) is 0 Å². The number of benzene rings is 1. The van der Waals surface area contributed by atoms with Crippen LogP contribution in [0.25, 0.3) is 0 Å². The molecule has 1 aromatic carbocycles. The van der Waals surface area contributed by atoms with Crippen LogP contribution in [0.5, 0.6) is 5.75 Å². The lowest BCUT2D eigenvalue weighted by molar-refractivity contribution is -0.135. The van der Waals surface area contributed by atoms with Crippen LogP contribution in [-0.2, 0) is 9.59 Å². The third-order valence-electron chi connectivity index (χ3n) is 4.49. The number of hydrogen-bond donors (Lipinski definition) is 1. The number of rotatable bonds is 6. The van der Waals surface area contributed by atoms with Crippen LogP contribution in [-0.4, -0.2) is 35.4 Å². The minimum absolute atomic E-state index is 0.0252. The summed E-state index contributed by atoms with van der Waals surface area (Å²) < 4.78 is 5.60. The molecule has 1 saturated carbocycles. The van der Waals surface area contributed by atoms with Crippen molar-refractivity contribution in [3.8, 4) is 5.75 Å². The second-order valence-corrected chi connectivity index (χ2v) is 7.03. The van der Waals surface area contributed by atoms with Gasteiger partial charge in [0.05, 0.1) is 6.10 Å². The fraction of sp³-hybridized carbons (Fsp3) is 0.600. The van der Waals surface area contributed by atoms with Gasteiger partial charge in [-0.05, 0) is 51.0 Å². The number of ether oxygens (including phenoxy) is 1. The zero-order valence-electron chi connectivity index (χ0n) is 15.6. The van der Waals surface area contributed by atoms with Crippen molar-refractivity contribution in [2.24, 2.45) is 0 Å². The van der Waals surface area contributed by atoms with Crippen LogP contribution in [0.1, 0.15) is 59.3 Å². The zero-order valence-corrected chi connectivity index (χ0v) is 15.6. The molecule has 1 fully saturated rings. The van der Waals surface area contributed by atoms with Crippen LogP contribution in [0.4, 0.5) is 5.69 Å². The minimum Gasteiger partial charge on any atom is -0.491 e. The molecule has 0 unspecified atom stereocenters. The Morgan fingerprint density at radius 3 is 2.24 bits per heavy atom. The van der Waals surface area contributed by atoms with Crippen molar-refractivity contribution in [3.05, 3.63) is 24.3 Å². The molecule has 1 aliphatic carbocycles. The first-order valence-electron chi connectivity index (χ1n) is 9.29. The van der Waals surface area contributed by atoms with Crippen molar-refractivity contribution in [1.82, 2.24) is 4.90 Å². The summed E-state index contributed by atoms with van der Waals surface area (Å²) in [4.78, 5) is 26.1. The van der Waals surface area contributed by atoms with Gasteiger partial charge in [-0.1, -0.05) is 25.7 Å². The molecule has 0 bridgehead atoms. The lowest BCUT2D eigenvalue weighted by Crippen LogP contribution is -2.43. The van der Waals surface area contributed by atoms with Crippen molar-refractivity contribution >= 4 is 17.5 Å². The first-order chi connectivity index (χ1) is 12.0. The van der Waals surface area contributed by atoms with Gasteiger partial charge in [-0.3, -0.25) is 9.59 Å². The lowest BCUT2D eigenvalue weighted by atomic mass is 10.1. The van der Waals surface area contributed by atoms with Gasteiger partial charge in [-0.25, -0.2) is 0 Å². The van der Waals surface area contributed by atoms with E-state index in [9.17, 15) is 9.59 Å². The van der Waals surface area contributed by atoms with Crippen LogP contribution in [0.2, 0.25) is 0 Å². The van der Waals surface area contributed by atoms with Crippen LogP contribution in [0.15, 0.2) is 24.3 Å². The highest BCUT2D eigenvalue weighted by atomic mass is 16.5. The van der Waals surface area contributed by atoms with Crippen molar-refractivity contribution in [1.29, 1.82) is 0 Å². The smallest absolute Gasteiger partial charge is 0.244 e. The molecule has 5 heteroatoms. The van der Waals surface area contributed by atoms with E-state index in [1.165, 1.54) is 12.8 Å². The summed E-state index contributed by atoms with van der Waals surface area (Å²) in [5, 5.41) is 2.87. The SMILES string of the molecule is CC(=O)N(CC(=O)Nc1ccc(OC(C)C)cc1)C1CCCCCC1. The second-order valence-electron chi connectivity index (χ2n) is 7.03. The Bertz CT molecular complexity index is 561. The molecule has 0 heterocycles. The van der Waals surface area contributed by atoms with Gasteiger partial charge in [-0.2, -0.15) is 0 Å². The fourth-order valence-electron chi connectivity index (χ4n) is 3.31. The standard InChI is InChI=1S/C20H30N2O3/c1-15(2)25-19-12-10-17(11-13-19)21-20(24)14-22(16(3)23)18-8-6-4-5-7-9-18/h10-13,15,18H,4-9,14H2,1-3H3,(H,21,24). The predicted octanol–water partition coefficient (Wildman–Crippen LogP) is 3.98. The van der Waals surface area contributed by atoms with Gasteiger partial charge in [-0.15, -0.1) is 0 Å². The van der Waals surface area contributed by atoms with Crippen molar-refractivity contribution in [2.45, 2.75) is 71.4 Å². The maximum atomic E-state index is 12.4. The van der Waals surface area contributed by atoms with Crippen LogP contribution < -0.4 is 10.1 Å². The fourth-order valence-corrected chi connectivity index (χ4v) is 3.31. The molecule has 1 aromatic rings. The van der Waals surface area contributed by atoms with E-state index < -0.39 is 0 Å². The Kier molecular flexibility index (Phi) is 7.29. The van der Waals surface area contributed by atoms with Gasteiger partial charge < -0.3 is 15.0 Å². The minimum atomic E-state index is -0.156. The van der Waals surface area contributed by atoms with Crippen molar-refractivity contribution in [3.63, 3.8) is 0 Å². The molecule has 0 radical (unpaired) electrons. The third-order valence-corrected chi connectivity index (χ3v) is 4.49. The molecule has 0 aliphatic heterocycles. The molecule has 5 nitrogen and oxygen atoms in total. The molecular formula is C20H30N2O3. The summed E-state index contributed by atoms with van der Waals surface area (Å²) in [6.07, 6.45) is 6.81. The number of hydrogen-bond acceptors (Lipinski definition) is 3. The number of amides is 2. The van der Waals surface area contributed by atoms with Gasteiger partial charge in [0, 0.05) is 18.7 Å². The van der Waals surface area contributed by atoms with Crippen LogP contribution >= 0.6 is 0 Å². The summed E-state index contributed by atoms with van der Waals surface area (Å²) in [6.45, 7) is 5.61. The molecule has 0 aromatic heterocycles. The summed E-state index contributed by atoms with van der Waals surface area (Å²) in [7, 11) is 0. The Morgan fingerprint density at radius 1 is 1.12 bits per heavy atom. The molecule has 0 spiro atoms. The number of carbonyl (C=O) groups excluding carboxylic acids is 2. The average molecular weight is 346 g/mol. The van der Waals surface area contributed by atoms with Crippen molar-refractivity contribution in [2.75, 3.05) is 11.9 Å². The highest BCUT2D eigenvalue weighted by molar-refractivity contribution is 5.94. The second kappa shape index (κ2) is 9.44. The summed E-state index contributed by atoms with van der Waals surface area (Å²) >= 11 is 0. The number of nitrogens with zero attached hydrogens (tertiary/aromatic N) is 1. The Labute approximate surface area is 150 Å². The third kappa shape index (κ3) is 6.40. The Balaban J connectivity index is 1.93. The van der Waals surface area contributed by atoms with Gasteiger partial charge in [0.15, 0.2) is 0 Å². The van der Waals surface area contributed by atoms with E-state index in [1.54, 1.807) is 11.8 Å². The Hall–Kier alpha value is -2.04. The normalized spacial score (nSPS) is 15.5. The molecule has 2 amide bonds. The first kappa shape index (κ1) is 19.3. The van der Waals surface area contributed by atoms with Gasteiger partial charge in [0.1, 0.15) is 12.3 Å². The maximum absolute atomic E-state index is 12.4. The number of anilines is 1. The quantitative estimate of drug-likeness (QED) is 0.793. The van der Waals surface area contributed by atoms with Gasteiger partial charge in [0.2, 0.25) is 11.8 Å². The highest BCUT2D eigenvalue weighted by Gasteiger charge is 2.24. The van der Waals surface area contributed by atoms with Crippen LogP contribution in [0.3, 0.4) is 0 Å². The molecule has 0 saturated heterocycles. The largest absolute Gasteiger partial charge is 0.491 e. The molecule has 1 N–H and O–H groups in total. The van der Waals surface area contributed by atoms with E-state index in [1.807, 2.05) is 38.1 Å². The molecule has 25 heavy (non-hydrogen) atoms. The van der Waals surface area contributed by atoms with Gasteiger partial charge in [0.25, 0.3) is 0 Å². The monoisotopic (exact) mass is 346 g/mol. The van der Waals surface area contributed by atoms with E-state index in [4.69, 9.17) is 4.74 Å². The first-order valence-corrected chi connectivity index (χ1v) is 9.29. The highest BCUT2D eigenvalue weighted by Crippen LogP contribution is 2.22. The lowest BCUT2D eigenvalue weighted by Gasteiger charge is -2.29. The number of carbonyl (C=O) groups is 2. The summed E-state index contributed by atoms with van der Waals surface area (Å²) in [5.74, 6) is 0.594. The van der Waals surface area contributed by atoms with E-state index in [-0.39, 0.29) is 30.5 Å². The number of nitrogens with one attached hydrogen (secondary N) is 1. The van der Waals surface area contributed by atoms with Crippen molar-refractivity contribution < 1.29 is 14.3 Å². The van der Waals surface area contributed by atoms with E-state index in [0.29, 0.717) is 5.69 Å².